The van der Waals surface area contributed by atoms with E-state index in [9.17, 15) is 21.6 Å². The highest BCUT2D eigenvalue weighted by Gasteiger charge is 2.30. The molecule has 0 radical (unpaired) electrons. The summed E-state index contributed by atoms with van der Waals surface area (Å²) >= 11 is 0. The fourth-order valence-corrected chi connectivity index (χ4v) is 6.14. The molecule has 1 aromatic heterocycles. The molecule has 2 fully saturated rings. The van der Waals surface area contributed by atoms with Crippen molar-refractivity contribution in [2.75, 3.05) is 28.3 Å². The Balaban J connectivity index is 1.57. The molecule has 0 saturated carbocycles. The van der Waals surface area contributed by atoms with Crippen molar-refractivity contribution < 1.29 is 21.6 Å². The third-order valence-corrected chi connectivity index (χ3v) is 7.58. The van der Waals surface area contributed by atoms with Crippen LogP contribution in [0.5, 0.6) is 0 Å². The summed E-state index contributed by atoms with van der Waals surface area (Å²) in [5, 5.41) is 5.59. The zero-order chi connectivity index (χ0) is 17.4. The number of amides is 1. The van der Waals surface area contributed by atoms with Gasteiger partial charge in [-0.15, -0.1) is 0 Å². The van der Waals surface area contributed by atoms with Crippen LogP contribution in [-0.4, -0.2) is 67.8 Å². The molecule has 2 aliphatic rings. The van der Waals surface area contributed by atoms with Gasteiger partial charge >= 0.3 is 0 Å². The SMILES string of the molecule is O=C(NC1CCS(=O)(=O)C1)c1cnc(NC2CCS(=O)(=O)C2)nc1. The number of rotatable bonds is 4. The van der Waals surface area contributed by atoms with Gasteiger partial charge in [0.05, 0.1) is 28.6 Å². The van der Waals surface area contributed by atoms with E-state index in [2.05, 4.69) is 20.6 Å². The maximum atomic E-state index is 12.1. The Morgan fingerprint density at radius 1 is 0.958 bits per heavy atom. The van der Waals surface area contributed by atoms with Crippen LogP contribution in [0.3, 0.4) is 0 Å². The van der Waals surface area contributed by atoms with E-state index in [4.69, 9.17) is 0 Å². The van der Waals surface area contributed by atoms with Gasteiger partial charge in [0.15, 0.2) is 19.7 Å². The molecule has 3 rings (SSSR count). The fourth-order valence-electron chi connectivity index (χ4n) is 2.79. The monoisotopic (exact) mass is 374 g/mol. The van der Waals surface area contributed by atoms with Crippen molar-refractivity contribution in [2.45, 2.75) is 24.9 Å². The Kier molecular flexibility index (Phi) is 4.47. The van der Waals surface area contributed by atoms with E-state index in [1.54, 1.807) is 0 Å². The van der Waals surface area contributed by atoms with E-state index >= 15 is 0 Å². The van der Waals surface area contributed by atoms with Gasteiger partial charge in [0.1, 0.15) is 0 Å². The summed E-state index contributed by atoms with van der Waals surface area (Å²) in [6.07, 6.45) is 3.57. The standard InChI is InChI=1S/C13H18N4O5S2/c18-12(16-10-1-3-23(19,20)7-10)9-5-14-13(15-6-9)17-11-2-4-24(21,22)8-11/h5-6,10-11H,1-4,7-8H2,(H,16,18)(H,14,15,17). The molecule has 9 nitrogen and oxygen atoms in total. The predicted molar refractivity (Wildman–Crippen MR) is 87.2 cm³/mol. The summed E-state index contributed by atoms with van der Waals surface area (Å²) in [6.45, 7) is 0. The lowest BCUT2D eigenvalue weighted by Crippen LogP contribution is -2.35. The third-order valence-electron chi connectivity index (χ3n) is 4.05. The van der Waals surface area contributed by atoms with Gasteiger partial charge in [-0.1, -0.05) is 0 Å². The fraction of sp³-hybridized carbons (Fsp3) is 0.615. The van der Waals surface area contributed by atoms with Crippen LogP contribution in [0.15, 0.2) is 12.4 Å². The van der Waals surface area contributed by atoms with E-state index < -0.39 is 25.6 Å². The molecule has 2 atom stereocenters. The number of carbonyl (C=O) groups is 1. The molecule has 24 heavy (non-hydrogen) atoms. The first kappa shape index (κ1) is 17.1. The molecule has 2 saturated heterocycles. The molecule has 11 heteroatoms. The molecule has 1 amide bonds. The lowest BCUT2D eigenvalue weighted by atomic mass is 10.2. The number of hydrogen-bond donors (Lipinski definition) is 2. The number of anilines is 1. The molecule has 2 N–H and O–H groups in total. The molecule has 2 aliphatic heterocycles. The lowest BCUT2D eigenvalue weighted by molar-refractivity contribution is 0.0940. The van der Waals surface area contributed by atoms with Crippen molar-refractivity contribution in [2.24, 2.45) is 0 Å². The van der Waals surface area contributed by atoms with Gasteiger partial charge in [-0.25, -0.2) is 26.8 Å². The van der Waals surface area contributed by atoms with Crippen molar-refractivity contribution in [3.8, 4) is 0 Å². The summed E-state index contributed by atoms with van der Waals surface area (Å²) in [5.41, 5.74) is 0.226. The molecule has 0 aromatic carbocycles. The minimum Gasteiger partial charge on any atom is -0.350 e. The first-order valence-electron chi connectivity index (χ1n) is 7.53. The second-order valence-corrected chi connectivity index (χ2v) is 10.6. The maximum Gasteiger partial charge on any atom is 0.254 e. The van der Waals surface area contributed by atoms with Gasteiger partial charge in [-0.05, 0) is 12.8 Å². The third kappa shape index (κ3) is 4.20. The Morgan fingerprint density at radius 3 is 2.00 bits per heavy atom. The van der Waals surface area contributed by atoms with Gasteiger partial charge in [0.25, 0.3) is 5.91 Å². The number of nitrogens with zero attached hydrogens (tertiary/aromatic N) is 2. The molecule has 0 aliphatic carbocycles. The van der Waals surface area contributed by atoms with Crippen molar-refractivity contribution >= 4 is 31.5 Å². The van der Waals surface area contributed by atoms with Crippen LogP contribution in [-0.2, 0) is 19.7 Å². The highest BCUT2D eigenvalue weighted by Crippen LogP contribution is 2.15. The van der Waals surface area contributed by atoms with Gasteiger partial charge in [0.2, 0.25) is 5.95 Å². The molecule has 2 unspecified atom stereocenters. The van der Waals surface area contributed by atoms with E-state index in [0.29, 0.717) is 12.8 Å². The first-order valence-corrected chi connectivity index (χ1v) is 11.2. The number of nitrogens with one attached hydrogen (secondary N) is 2. The highest BCUT2D eigenvalue weighted by molar-refractivity contribution is 7.91. The van der Waals surface area contributed by atoms with Crippen LogP contribution in [0.2, 0.25) is 0 Å². The van der Waals surface area contributed by atoms with Crippen molar-refractivity contribution in [1.29, 1.82) is 0 Å². The second-order valence-electron chi connectivity index (χ2n) is 6.11. The zero-order valence-electron chi connectivity index (χ0n) is 12.8. The van der Waals surface area contributed by atoms with Crippen molar-refractivity contribution in [3.05, 3.63) is 18.0 Å². The summed E-state index contributed by atoms with van der Waals surface area (Å²) in [7, 11) is -6.05. The molecular weight excluding hydrogens is 356 g/mol. The van der Waals surface area contributed by atoms with E-state index in [0.717, 1.165) is 0 Å². The van der Waals surface area contributed by atoms with Gasteiger partial charge in [0, 0.05) is 24.5 Å². The Hall–Kier alpha value is -1.75. The van der Waals surface area contributed by atoms with Crippen LogP contribution >= 0.6 is 0 Å². The van der Waals surface area contributed by atoms with Gasteiger partial charge < -0.3 is 10.6 Å². The number of aromatic nitrogens is 2. The van der Waals surface area contributed by atoms with Crippen LogP contribution in [0, 0.1) is 0 Å². The topological polar surface area (TPSA) is 135 Å². The molecule has 0 spiro atoms. The Labute approximate surface area is 140 Å². The van der Waals surface area contributed by atoms with Crippen molar-refractivity contribution in [3.63, 3.8) is 0 Å². The van der Waals surface area contributed by atoms with Crippen LogP contribution in [0.25, 0.3) is 0 Å². The average Bonchev–Trinajstić information content (AvgIpc) is 3.01. The maximum absolute atomic E-state index is 12.1. The number of sulfone groups is 2. The van der Waals surface area contributed by atoms with E-state index in [1.165, 1.54) is 12.4 Å². The smallest absolute Gasteiger partial charge is 0.254 e. The predicted octanol–water partition coefficient (Wildman–Crippen LogP) is -1.01. The van der Waals surface area contributed by atoms with Gasteiger partial charge in [-0.2, -0.15) is 0 Å². The zero-order valence-corrected chi connectivity index (χ0v) is 14.4. The molecule has 3 heterocycles. The average molecular weight is 374 g/mol. The number of hydrogen-bond acceptors (Lipinski definition) is 8. The molecule has 1 aromatic rings. The first-order chi connectivity index (χ1) is 11.2. The quantitative estimate of drug-likeness (QED) is 0.684. The summed E-state index contributed by atoms with van der Waals surface area (Å²) in [6, 6.07) is -0.609. The lowest BCUT2D eigenvalue weighted by Gasteiger charge is -2.12. The van der Waals surface area contributed by atoms with Crippen LogP contribution < -0.4 is 10.6 Å². The molecule has 0 bridgehead atoms. The summed E-state index contributed by atoms with van der Waals surface area (Å²) < 4.78 is 45.6. The van der Waals surface area contributed by atoms with Gasteiger partial charge in [-0.3, -0.25) is 4.79 Å². The van der Waals surface area contributed by atoms with Crippen molar-refractivity contribution in [1.82, 2.24) is 15.3 Å². The minimum absolute atomic E-state index is 0.0462. The Morgan fingerprint density at radius 2 is 1.50 bits per heavy atom. The summed E-state index contributed by atoms with van der Waals surface area (Å²) in [4.78, 5) is 20.1. The van der Waals surface area contributed by atoms with Crippen LogP contribution in [0.4, 0.5) is 5.95 Å². The highest BCUT2D eigenvalue weighted by atomic mass is 32.2. The summed E-state index contributed by atoms with van der Waals surface area (Å²) in [5.74, 6) is 0.0745. The van der Waals surface area contributed by atoms with E-state index in [1.807, 2.05) is 0 Å². The largest absolute Gasteiger partial charge is 0.350 e. The molecule has 132 valence electrons. The normalized spacial score (nSPS) is 27.7. The minimum atomic E-state index is -3.06. The number of carbonyl (C=O) groups excluding carboxylic acids is 1. The van der Waals surface area contributed by atoms with E-state index in [-0.39, 0.29) is 46.6 Å². The molecular formula is C13H18N4O5S2. The second kappa shape index (κ2) is 6.28. The van der Waals surface area contributed by atoms with Crippen LogP contribution in [0.1, 0.15) is 23.2 Å². The Bertz CT molecular complexity index is 836.